The SMILES string of the molecule is CC/C=C\C/C=C\C/C=C\C/C=C\C/C=C\CCCCCC(=O)OC(COC(=O)CCCCCCC/C=C\CCCC)COP(=O)(O)OCC(CO)OC(=O)CCCCCCCCCCC/C=C\CCCCCCCC. The third-order valence-electron chi connectivity index (χ3n) is 12.8. The molecule has 0 saturated heterocycles. The third-order valence-corrected chi connectivity index (χ3v) is 13.7. The van der Waals surface area contributed by atoms with Crippen LogP contribution in [0, 0.1) is 0 Å². The minimum atomic E-state index is -4.76. The zero-order valence-electron chi connectivity index (χ0n) is 48.5. The average molecular weight is 1090 g/mol. The fourth-order valence-corrected chi connectivity index (χ4v) is 8.91. The second kappa shape index (κ2) is 57.8. The summed E-state index contributed by atoms with van der Waals surface area (Å²) in [6, 6.07) is 0. The number of esters is 3. The van der Waals surface area contributed by atoms with Crippen molar-refractivity contribution in [1.82, 2.24) is 0 Å². The lowest BCUT2D eigenvalue weighted by Gasteiger charge is -2.21. The van der Waals surface area contributed by atoms with Crippen LogP contribution in [0.3, 0.4) is 0 Å². The molecule has 2 N–H and O–H groups in total. The number of unbranched alkanes of at least 4 members (excludes halogenated alkanes) is 25. The van der Waals surface area contributed by atoms with E-state index in [1.165, 1.54) is 96.3 Å². The zero-order chi connectivity index (χ0) is 55.5. The predicted octanol–water partition coefficient (Wildman–Crippen LogP) is 18.3. The number of ether oxygens (including phenoxy) is 3. The van der Waals surface area contributed by atoms with Gasteiger partial charge in [-0.15, -0.1) is 0 Å². The van der Waals surface area contributed by atoms with E-state index in [1.807, 2.05) is 0 Å². The molecule has 0 heterocycles. The number of carbonyl (C=O) groups excluding carboxylic acids is 3. The fraction of sp³-hybridized carbons (Fsp3) is 0.734. The number of aliphatic hydroxyl groups is 1. The lowest BCUT2D eigenvalue weighted by molar-refractivity contribution is -0.161. The topological polar surface area (TPSA) is 155 Å². The Morgan fingerprint density at radius 3 is 1.12 bits per heavy atom. The number of allylic oxidation sites excluding steroid dienone is 14. The van der Waals surface area contributed by atoms with E-state index in [0.717, 1.165) is 109 Å². The Bertz CT molecular complexity index is 1600. The lowest BCUT2D eigenvalue weighted by atomic mass is 10.1. The molecule has 0 aromatic rings. The summed E-state index contributed by atoms with van der Waals surface area (Å²) in [6.45, 7) is 4.46. The zero-order valence-corrected chi connectivity index (χ0v) is 49.3. The van der Waals surface area contributed by atoms with Crippen LogP contribution in [0.25, 0.3) is 0 Å². The summed E-state index contributed by atoms with van der Waals surface area (Å²) in [5, 5.41) is 9.84. The van der Waals surface area contributed by atoms with Gasteiger partial charge in [0.1, 0.15) is 12.7 Å². The average Bonchev–Trinajstić information content (AvgIpc) is 3.41. The largest absolute Gasteiger partial charge is 0.472 e. The summed E-state index contributed by atoms with van der Waals surface area (Å²) in [5.41, 5.74) is 0. The first-order valence-corrected chi connectivity index (χ1v) is 32.0. The molecule has 3 unspecified atom stereocenters. The Balaban J connectivity index is 4.69. The number of phosphoric acid groups is 1. The van der Waals surface area contributed by atoms with Gasteiger partial charge in [-0.05, 0) is 109 Å². The molecule has 0 aromatic heterocycles. The van der Waals surface area contributed by atoms with E-state index in [1.54, 1.807) is 0 Å². The van der Waals surface area contributed by atoms with Crippen LogP contribution in [0.5, 0.6) is 0 Å². The second-order valence-electron chi connectivity index (χ2n) is 20.1. The molecule has 11 nitrogen and oxygen atoms in total. The molecule has 3 atom stereocenters. The number of aliphatic hydroxyl groups excluding tert-OH is 1. The van der Waals surface area contributed by atoms with Crippen molar-refractivity contribution in [2.45, 2.75) is 277 Å². The number of hydrogen-bond donors (Lipinski definition) is 2. The fourth-order valence-electron chi connectivity index (χ4n) is 8.12. The van der Waals surface area contributed by atoms with Gasteiger partial charge in [0.15, 0.2) is 6.10 Å². The van der Waals surface area contributed by atoms with E-state index in [9.17, 15) is 28.9 Å². The molecule has 0 saturated carbocycles. The number of carbonyl (C=O) groups is 3. The van der Waals surface area contributed by atoms with Crippen LogP contribution in [-0.2, 0) is 42.2 Å². The minimum Gasteiger partial charge on any atom is -0.462 e. The smallest absolute Gasteiger partial charge is 0.462 e. The molecule has 76 heavy (non-hydrogen) atoms. The van der Waals surface area contributed by atoms with Gasteiger partial charge in [0.25, 0.3) is 0 Å². The highest BCUT2D eigenvalue weighted by Crippen LogP contribution is 2.43. The van der Waals surface area contributed by atoms with Gasteiger partial charge in [-0.2, -0.15) is 0 Å². The highest BCUT2D eigenvalue weighted by Gasteiger charge is 2.28. The number of rotatable bonds is 56. The standard InChI is InChI=1S/C64H111O11P/c1-4-7-10-13-16-19-22-24-26-28-30-32-34-36-39-42-45-48-51-54-63(67)74-60(56-65)58-72-76(69,70)73-59-61(57-71-62(66)53-50-47-44-41-38-21-18-15-12-9-6-3)75-64(68)55-52-49-46-43-40-37-35-33-31-29-27-25-23-20-17-14-11-8-5-2/h8,11,15,17-18,20,24-27,31,33,37,40,60-61,65H,4-7,9-10,12-14,16,19,21-23,28-30,32,34-36,38-39,41-59H2,1-3H3,(H,69,70)/b11-8-,18-15-,20-17-,26-24-,27-25-,33-31-,40-37-. The van der Waals surface area contributed by atoms with Gasteiger partial charge in [-0.1, -0.05) is 221 Å². The van der Waals surface area contributed by atoms with Gasteiger partial charge in [0.05, 0.1) is 19.8 Å². The molecule has 0 aliphatic heterocycles. The molecule has 0 aliphatic carbocycles. The van der Waals surface area contributed by atoms with E-state index in [2.05, 4.69) is 106 Å². The molecule has 0 bridgehead atoms. The summed E-state index contributed by atoms with van der Waals surface area (Å²) in [6.07, 6.45) is 66.9. The quantitative estimate of drug-likeness (QED) is 0.0197. The van der Waals surface area contributed by atoms with Crippen molar-refractivity contribution in [2.75, 3.05) is 26.4 Å². The molecular formula is C64H111O11P. The van der Waals surface area contributed by atoms with Gasteiger partial charge in [0.2, 0.25) is 0 Å². The molecule has 0 fully saturated rings. The van der Waals surface area contributed by atoms with Crippen LogP contribution < -0.4 is 0 Å². The molecule has 0 amide bonds. The summed E-state index contributed by atoms with van der Waals surface area (Å²) < 4.78 is 39.5. The van der Waals surface area contributed by atoms with E-state index in [0.29, 0.717) is 19.3 Å². The normalized spacial score (nSPS) is 13.9. The molecule has 0 aromatic carbocycles. The van der Waals surface area contributed by atoms with Gasteiger partial charge < -0.3 is 24.2 Å². The summed E-state index contributed by atoms with van der Waals surface area (Å²) in [4.78, 5) is 48.6. The predicted molar refractivity (Wildman–Crippen MR) is 316 cm³/mol. The Labute approximate surface area is 464 Å². The summed E-state index contributed by atoms with van der Waals surface area (Å²) >= 11 is 0. The van der Waals surface area contributed by atoms with Crippen LogP contribution >= 0.6 is 7.82 Å². The Hall–Kier alpha value is -3.34. The van der Waals surface area contributed by atoms with E-state index < -0.39 is 57.8 Å². The Morgan fingerprint density at radius 2 is 0.697 bits per heavy atom. The first kappa shape index (κ1) is 72.7. The van der Waals surface area contributed by atoms with Gasteiger partial charge in [-0.3, -0.25) is 23.4 Å². The van der Waals surface area contributed by atoms with Gasteiger partial charge >= 0.3 is 25.7 Å². The maximum Gasteiger partial charge on any atom is 0.472 e. The van der Waals surface area contributed by atoms with E-state index in [4.69, 9.17) is 23.3 Å². The van der Waals surface area contributed by atoms with Crippen molar-refractivity contribution in [3.63, 3.8) is 0 Å². The second-order valence-corrected chi connectivity index (χ2v) is 21.6. The van der Waals surface area contributed by atoms with Crippen molar-refractivity contribution in [1.29, 1.82) is 0 Å². The van der Waals surface area contributed by atoms with Crippen LogP contribution in [0.15, 0.2) is 85.1 Å². The molecule has 12 heteroatoms. The maximum atomic E-state index is 12.9. The van der Waals surface area contributed by atoms with Crippen molar-refractivity contribution < 1.29 is 52.2 Å². The number of phosphoric ester groups is 1. The third kappa shape index (κ3) is 55.4. The maximum absolute atomic E-state index is 12.9. The summed E-state index contributed by atoms with van der Waals surface area (Å²) in [7, 11) is -4.76. The van der Waals surface area contributed by atoms with Gasteiger partial charge in [-0.25, -0.2) is 4.57 Å². The molecular weight excluding hydrogens is 976 g/mol. The van der Waals surface area contributed by atoms with E-state index >= 15 is 0 Å². The first-order valence-electron chi connectivity index (χ1n) is 30.5. The van der Waals surface area contributed by atoms with Crippen LogP contribution in [0.4, 0.5) is 0 Å². The summed E-state index contributed by atoms with van der Waals surface area (Å²) in [5.74, 6) is -1.51. The monoisotopic (exact) mass is 1090 g/mol. The lowest BCUT2D eigenvalue weighted by Crippen LogP contribution is -2.30. The molecule has 0 rings (SSSR count). The molecule has 0 aliphatic rings. The Kier molecular flexibility index (Phi) is 55.3. The van der Waals surface area contributed by atoms with Crippen molar-refractivity contribution >= 4 is 25.7 Å². The highest BCUT2D eigenvalue weighted by atomic mass is 31.2. The van der Waals surface area contributed by atoms with E-state index in [-0.39, 0.29) is 25.9 Å². The van der Waals surface area contributed by atoms with Crippen LogP contribution in [0.1, 0.15) is 265 Å². The van der Waals surface area contributed by atoms with Crippen molar-refractivity contribution in [2.24, 2.45) is 0 Å². The minimum absolute atomic E-state index is 0.124. The van der Waals surface area contributed by atoms with Gasteiger partial charge in [0, 0.05) is 19.3 Å². The van der Waals surface area contributed by atoms with Crippen LogP contribution in [-0.4, -0.2) is 66.5 Å². The number of hydrogen-bond acceptors (Lipinski definition) is 10. The highest BCUT2D eigenvalue weighted by molar-refractivity contribution is 7.47. The van der Waals surface area contributed by atoms with Crippen LogP contribution in [0.2, 0.25) is 0 Å². The first-order chi connectivity index (χ1) is 37.2. The van der Waals surface area contributed by atoms with Crippen molar-refractivity contribution in [3.05, 3.63) is 85.1 Å². The molecule has 0 spiro atoms. The molecule has 438 valence electrons. The Morgan fingerprint density at radius 1 is 0.382 bits per heavy atom. The molecule has 0 radical (unpaired) electrons. The van der Waals surface area contributed by atoms with Crippen molar-refractivity contribution in [3.8, 4) is 0 Å².